The van der Waals surface area contributed by atoms with Crippen LogP contribution in [-0.4, -0.2) is 31.9 Å². The lowest BCUT2D eigenvalue weighted by Gasteiger charge is -2.06. The van der Waals surface area contributed by atoms with Gasteiger partial charge in [-0.1, -0.05) is 0 Å². The predicted octanol–water partition coefficient (Wildman–Crippen LogP) is -0.0194. The van der Waals surface area contributed by atoms with Crippen LogP contribution in [0, 0.1) is 0 Å². The summed E-state index contributed by atoms with van der Waals surface area (Å²) in [5, 5.41) is 0. The van der Waals surface area contributed by atoms with Crippen molar-refractivity contribution in [2.24, 2.45) is 0 Å². The summed E-state index contributed by atoms with van der Waals surface area (Å²) < 4.78 is 32.3. The molecule has 0 amide bonds. The van der Waals surface area contributed by atoms with Crippen LogP contribution < -0.4 is 0 Å². The molecule has 9 heavy (non-hydrogen) atoms. The van der Waals surface area contributed by atoms with Gasteiger partial charge in [0.05, 0.1) is 6.00 Å². The standard InChI is InChI=1S/C3H7ClFNO2S/c4-3-6(2-1-5)9(7)8/h9H,1-3H2. The Kier molecular flexibility index (Phi) is 5.03. The van der Waals surface area contributed by atoms with E-state index in [4.69, 9.17) is 11.6 Å². The lowest BCUT2D eigenvalue weighted by atomic mass is 10.7. The summed E-state index contributed by atoms with van der Waals surface area (Å²) in [7, 11) is -2.71. The van der Waals surface area contributed by atoms with Gasteiger partial charge in [-0.05, 0) is 0 Å². The molecule has 6 heteroatoms. The van der Waals surface area contributed by atoms with Crippen molar-refractivity contribution in [3.8, 4) is 0 Å². The topological polar surface area (TPSA) is 37.4 Å². The lowest BCUT2D eigenvalue weighted by Crippen LogP contribution is -2.22. The minimum absolute atomic E-state index is 0.151. The smallest absolute Gasteiger partial charge is 0.205 e. The predicted molar refractivity (Wildman–Crippen MR) is 33.7 cm³/mol. The van der Waals surface area contributed by atoms with E-state index in [1.807, 2.05) is 0 Å². The van der Waals surface area contributed by atoms with Gasteiger partial charge in [0, 0.05) is 6.54 Å². The van der Waals surface area contributed by atoms with Crippen LogP contribution in [-0.2, 0) is 10.9 Å². The van der Waals surface area contributed by atoms with Crippen molar-refractivity contribution in [2.45, 2.75) is 0 Å². The molecule has 0 aromatic heterocycles. The number of thiol groups is 1. The number of nitrogens with zero attached hydrogens (tertiary/aromatic N) is 1. The molecule has 0 radical (unpaired) electrons. The van der Waals surface area contributed by atoms with Crippen LogP contribution in [0.15, 0.2) is 0 Å². The fourth-order valence-corrected chi connectivity index (χ4v) is 0.990. The van der Waals surface area contributed by atoms with Crippen molar-refractivity contribution in [2.75, 3.05) is 19.2 Å². The first-order valence-corrected chi connectivity index (χ1v) is 3.90. The van der Waals surface area contributed by atoms with Gasteiger partial charge in [0.2, 0.25) is 10.9 Å². The third-order valence-electron chi connectivity index (χ3n) is 0.712. The van der Waals surface area contributed by atoms with Crippen LogP contribution in [0.1, 0.15) is 0 Å². The molecule has 0 bridgehead atoms. The zero-order valence-electron chi connectivity index (χ0n) is 4.59. The molecule has 56 valence electrons. The fraction of sp³-hybridized carbons (Fsp3) is 1.00. The highest BCUT2D eigenvalue weighted by Gasteiger charge is 2.02. The van der Waals surface area contributed by atoms with E-state index < -0.39 is 17.6 Å². The van der Waals surface area contributed by atoms with Gasteiger partial charge in [-0.15, -0.1) is 11.6 Å². The summed E-state index contributed by atoms with van der Waals surface area (Å²) in [5.74, 6) is 0. The van der Waals surface area contributed by atoms with Crippen molar-refractivity contribution in [3.63, 3.8) is 0 Å². The third kappa shape index (κ3) is 3.66. The SMILES string of the molecule is O=[SH](=O)N(CCl)CCF. The van der Waals surface area contributed by atoms with E-state index in [1.165, 1.54) is 0 Å². The Bertz CT molecular complexity index is 132. The maximum Gasteiger partial charge on any atom is 0.205 e. The highest BCUT2D eigenvalue weighted by molar-refractivity contribution is 7.69. The van der Waals surface area contributed by atoms with Crippen molar-refractivity contribution in [1.82, 2.24) is 4.31 Å². The van der Waals surface area contributed by atoms with Gasteiger partial charge in [-0.3, -0.25) is 0 Å². The second kappa shape index (κ2) is 4.96. The molecule has 0 saturated heterocycles. The minimum atomic E-state index is -2.71. The summed E-state index contributed by atoms with van der Waals surface area (Å²) in [6.07, 6.45) is 0. The lowest BCUT2D eigenvalue weighted by molar-refractivity contribution is 0.394. The van der Waals surface area contributed by atoms with Gasteiger partial charge in [0.15, 0.2) is 0 Å². The molecule has 0 fully saturated rings. The fourth-order valence-electron chi connectivity index (χ4n) is 0.283. The van der Waals surface area contributed by atoms with Gasteiger partial charge in [-0.25, -0.2) is 12.8 Å². The summed E-state index contributed by atoms with van der Waals surface area (Å²) in [5.41, 5.74) is 0. The van der Waals surface area contributed by atoms with Gasteiger partial charge in [-0.2, -0.15) is 4.31 Å². The second-order valence-corrected chi connectivity index (χ2v) is 2.56. The van der Waals surface area contributed by atoms with Gasteiger partial charge in [0.25, 0.3) is 0 Å². The Morgan fingerprint density at radius 3 is 2.22 bits per heavy atom. The van der Waals surface area contributed by atoms with Gasteiger partial charge < -0.3 is 0 Å². The second-order valence-electron chi connectivity index (χ2n) is 1.28. The van der Waals surface area contributed by atoms with Crippen LogP contribution in [0.4, 0.5) is 4.39 Å². The zero-order chi connectivity index (χ0) is 7.28. The maximum atomic E-state index is 11.4. The van der Waals surface area contributed by atoms with Crippen LogP contribution in [0.3, 0.4) is 0 Å². The molecular formula is C3H7ClFNO2S. The number of alkyl halides is 2. The van der Waals surface area contributed by atoms with Crippen molar-refractivity contribution < 1.29 is 12.8 Å². The van der Waals surface area contributed by atoms with E-state index in [9.17, 15) is 12.8 Å². The monoisotopic (exact) mass is 175 g/mol. The van der Waals surface area contributed by atoms with E-state index in [1.54, 1.807) is 0 Å². The van der Waals surface area contributed by atoms with E-state index in [0.29, 0.717) is 0 Å². The molecule has 0 N–H and O–H groups in total. The zero-order valence-corrected chi connectivity index (χ0v) is 6.24. The first-order chi connectivity index (χ1) is 4.22. The normalized spacial score (nSPS) is 11.1. The van der Waals surface area contributed by atoms with Gasteiger partial charge >= 0.3 is 0 Å². The van der Waals surface area contributed by atoms with Crippen LogP contribution in [0.5, 0.6) is 0 Å². The number of hydrogen-bond acceptors (Lipinski definition) is 2. The molecule has 0 saturated carbocycles. The van der Waals surface area contributed by atoms with E-state index in [0.717, 1.165) is 4.31 Å². The summed E-state index contributed by atoms with van der Waals surface area (Å²) in [6, 6.07) is -0.178. The Labute approximate surface area is 59.5 Å². The minimum Gasteiger partial charge on any atom is -0.250 e. The van der Waals surface area contributed by atoms with E-state index in [2.05, 4.69) is 0 Å². The largest absolute Gasteiger partial charge is 0.250 e. The molecule has 0 unspecified atom stereocenters. The average molecular weight is 176 g/mol. The molecule has 0 heterocycles. The van der Waals surface area contributed by atoms with Crippen molar-refractivity contribution in [1.29, 1.82) is 0 Å². The highest BCUT2D eigenvalue weighted by atomic mass is 35.5. The van der Waals surface area contributed by atoms with Crippen molar-refractivity contribution in [3.05, 3.63) is 0 Å². The average Bonchev–Trinajstić information content (AvgIpc) is 1.82. The Balaban J connectivity index is 3.68. The number of rotatable bonds is 4. The highest BCUT2D eigenvalue weighted by Crippen LogP contribution is 1.89. The third-order valence-corrected chi connectivity index (χ3v) is 1.97. The number of hydrogen-bond donors (Lipinski definition) is 1. The van der Waals surface area contributed by atoms with Crippen LogP contribution >= 0.6 is 11.6 Å². The van der Waals surface area contributed by atoms with E-state index >= 15 is 0 Å². The van der Waals surface area contributed by atoms with Gasteiger partial charge in [0.1, 0.15) is 6.67 Å². The molecule has 0 atom stereocenters. The first kappa shape index (κ1) is 9.13. The molecule has 0 aromatic carbocycles. The number of halogens is 2. The van der Waals surface area contributed by atoms with E-state index in [-0.39, 0.29) is 12.5 Å². The molecule has 0 aliphatic carbocycles. The molecule has 0 aliphatic rings. The summed E-state index contributed by atoms with van der Waals surface area (Å²) >= 11 is 5.12. The Morgan fingerprint density at radius 1 is 1.56 bits per heavy atom. The van der Waals surface area contributed by atoms with Crippen molar-refractivity contribution >= 4 is 22.5 Å². The summed E-state index contributed by atoms with van der Waals surface area (Å²) in [6.45, 7) is -0.849. The Hall–Kier alpha value is 0.130. The molecule has 0 aromatic rings. The molecule has 0 aliphatic heterocycles. The summed E-state index contributed by atoms with van der Waals surface area (Å²) in [4.78, 5) is 0. The molecule has 0 rings (SSSR count). The Morgan fingerprint density at radius 2 is 2.11 bits per heavy atom. The molecule has 0 spiro atoms. The van der Waals surface area contributed by atoms with Crippen LogP contribution in [0.25, 0.3) is 0 Å². The maximum absolute atomic E-state index is 11.4. The molecule has 3 nitrogen and oxygen atoms in total. The van der Waals surface area contributed by atoms with Crippen LogP contribution in [0.2, 0.25) is 0 Å². The first-order valence-electron chi connectivity index (χ1n) is 2.23. The molecular weight excluding hydrogens is 169 g/mol. The quantitative estimate of drug-likeness (QED) is 0.371.